The highest BCUT2D eigenvalue weighted by Crippen LogP contribution is 2.36. The lowest BCUT2D eigenvalue weighted by atomic mass is 10.1. The van der Waals surface area contributed by atoms with Crippen LogP contribution in [0.4, 0.5) is 0 Å². The van der Waals surface area contributed by atoms with Crippen LogP contribution < -0.4 is 18.9 Å². The molecule has 1 saturated heterocycles. The second-order valence-corrected chi connectivity index (χ2v) is 9.95. The van der Waals surface area contributed by atoms with Crippen LogP contribution in [-0.2, 0) is 11.3 Å². The average molecular weight is 550 g/mol. The fourth-order valence-corrected chi connectivity index (χ4v) is 4.59. The lowest BCUT2D eigenvalue weighted by Gasteiger charge is -2.13. The molecule has 1 aliphatic heterocycles. The third-order valence-corrected chi connectivity index (χ3v) is 6.59. The first kappa shape index (κ1) is 27.8. The lowest BCUT2D eigenvalue weighted by molar-refractivity contribution is -0.122. The van der Waals surface area contributed by atoms with E-state index in [2.05, 4.69) is 24.1 Å². The molecule has 9 nitrogen and oxygen atoms in total. The van der Waals surface area contributed by atoms with E-state index in [-0.39, 0.29) is 12.5 Å². The predicted octanol–water partition coefficient (Wildman–Crippen LogP) is 5.85. The summed E-state index contributed by atoms with van der Waals surface area (Å²) in [5, 5.41) is 9.04. The van der Waals surface area contributed by atoms with E-state index < -0.39 is 0 Å². The molecule has 1 amide bonds. The van der Waals surface area contributed by atoms with Gasteiger partial charge < -0.3 is 23.4 Å². The number of carbonyl (C=O) groups is 1. The highest BCUT2D eigenvalue weighted by molar-refractivity contribution is 8.18. The first-order chi connectivity index (χ1) is 18.9. The van der Waals surface area contributed by atoms with Crippen molar-refractivity contribution >= 4 is 35.1 Å². The zero-order valence-electron chi connectivity index (χ0n) is 22.5. The van der Waals surface area contributed by atoms with Crippen LogP contribution in [0.25, 0.3) is 6.08 Å². The van der Waals surface area contributed by atoms with Crippen molar-refractivity contribution in [3.63, 3.8) is 0 Å². The third-order valence-electron chi connectivity index (χ3n) is 5.60. The fraction of sp³-hybridized carbons (Fsp3) is 0.276. The Hall–Kier alpha value is -4.18. The molecular formula is C29H31N3O6S. The Morgan fingerprint density at radius 3 is 2.33 bits per heavy atom. The normalized spacial score (nSPS) is 15.6. The molecule has 39 heavy (non-hydrogen) atoms. The number of methoxy groups -OCH3 is 3. The summed E-state index contributed by atoms with van der Waals surface area (Å²) in [7, 11) is 4.74. The Morgan fingerprint density at radius 2 is 1.64 bits per heavy atom. The van der Waals surface area contributed by atoms with Gasteiger partial charge in [-0.1, -0.05) is 19.9 Å². The molecule has 2 heterocycles. The Labute approximate surface area is 232 Å². The van der Waals surface area contributed by atoms with Gasteiger partial charge in [-0.2, -0.15) is 5.10 Å². The number of amides is 1. The molecule has 2 aromatic carbocycles. The summed E-state index contributed by atoms with van der Waals surface area (Å²) in [5.41, 5.74) is 1.57. The Balaban J connectivity index is 1.60. The molecule has 10 heteroatoms. The standard InChI is InChI=1S/C29H31N3O6S/c1-19(2)18-38-24-11-8-20(13-26(24)36-5)15-27-28(33)32(17-22-7-6-12-37-22)29(39-27)31-30-16-21-9-10-23(34-3)25(14-21)35-4/h6-16,19H,17-18H2,1-5H3/b27-15-,30-16-,31-29+. The summed E-state index contributed by atoms with van der Waals surface area (Å²) in [5.74, 6) is 3.28. The highest BCUT2D eigenvalue weighted by Gasteiger charge is 2.34. The number of carbonyl (C=O) groups excluding carboxylic acids is 1. The summed E-state index contributed by atoms with van der Waals surface area (Å²) in [6.07, 6.45) is 4.96. The number of nitrogens with zero attached hydrogens (tertiary/aromatic N) is 3. The fourth-order valence-electron chi connectivity index (χ4n) is 3.66. The Bertz CT molecular complexity index is 1380. The maximum Gasteiger partial charge on any atom is 0.267 e. The highest BCUT2D eigenvalue weighted by atomic mass is 32.2. The molecule has 0 N–H and O–H groups in total. The van der Waals surface area contributed by atoms with Crippen molar-refractivity contribution in [2.45, 2.75) is 20.4 Å². The van der Waals surface area contributed by atoms with Crippen molar-refractivity contribution in [3.8, 4) is 23.0 Å². The van der Waals surface area contributed by atoms with Crippen LogP contribution in [-0.4, -0.2) is 50.1 Å². The molecule has 0 unspecified atom stereocenters. The van der Waals surface area contributed by atoms with Crippen LogP contribution in [0.15, 0.2) is 74.3 Å². The quantitative estimate of drug-likeness (QED) is 0.168. The second-order valence-electron chi connectivity index (χ2n) is 8.94. The van der Waals surface area contributed by atoms with Crippen molar-refractivity contribution in [2.75, 3.05) is 27.9 Å². The van der Waals surface area contributed by atoms with E-state index in [1.807, 2.05) is 30.3 Å². The van der Waals surface area contributed by atoms with Crippen LogP contribution in [0.2, 0.25) is 0 Å². The van der Waals surface area contributed by atoms with Gasteiger partial charge in [-0.3, -0.25) is 9.69 Å². The molecule has 204 valence electrons. The molecule has 1 aromatic heterocycles. The van der Waals surface area contributed by atoms with E-state index in [0.29, 0.717) is 51.4 Å². The number of hydrogen-bond donors (Lipinski definition) is 0. The van der Waals surface area contributed by atoms with Gasteiger partial charge in [0, 0.05) is 0 Å². The SMILES string of the molecule is COc1ccc(/C=N\N=C2\S/C(=C\c3ccc(OCC(C)C)c(OC)c3)C(=O)N2Cc2ccco2)cc1OC. The van der Waals surface area contributed by atoms with Crippen molar-refractivity contribution < 1.29 is 28.2 Å². The maximum atomic E-state index is 13.4. The molecule has 0 saturated carbocycles. The van der Waals surface area contributed by atoms with E-state index in [1.165, 1.54) is 11.8 Å². The van der Waals surface area contributed by atoms with E-state index in [4.69, 9.17) is 23.4 Å². The summed E-state index contributed by atoms with van der Waals surface area (Å²) in [4.78, 5) is 15.4. The number of amidine groups is 1. The first-order valence-corrected chi connectivity index (χ1v) is 13.1. The molecule has 4 rings (SSSR count). The number of benzene rings is 2. The van der Waals surface area contributed by atoms with Crippen molar-refractivity contribution in [3.05, 3.63) is 76.6 Å². The van der Waals surface area contributed by atoms with Crippen molar-refractivity contribution in [1.82, 2.24) is 4.90 Å². The van der Waals surface area contributed by atoms with Crippen LogP contribution in [0.3, 0.4) is 0 Å². The van der Waals surface area contributed by atoms with Crippen LogP contribution in [0, 0.1) is 5.92 Å². The molecule has 0 spiro atoms. The summed E-state index contributed by atoms with van der Waals surface area (Å²) in [6, 6.07) is 14.6. The number of ether oxygens (including phenoxy) is 4. The molecule has 0 atom stereocenters. The number of furan rings is 1. The monoisotopic (exact) mass is 549 g/mol. The van der Waals surface area contributed by atoms with Gasteiger partial charge in [-0.05, 0) is 77.3 Å². The minimum atomic E-state index is -0.199. The minimum Gasteiger partial charge on any atom is -0.493 e. The van der Waals surface area contributed by atoms with Gasteiger partial charge >= 0.3 is 0 Å². The first-order valence-electron chi connectivity index (χ1n) is 12.3. The largest absolute Gasteiger partial charge is 0.493 e. The zero-order chi connectivity index (χ0) is 27.8. The number of hydrogen-bond acceptors (Lipinski definition) is 9. The summed E-state index contributed by atoms with van der Waals surface area (Å²) >= 11 is 1.24. The average Bonchev–Trinajstić information content (AvgIpc) is 3.56. The molecule has 0 radical (unpaired) electrons. The van der Waals surface area contributed by atoms with Crippen molar-refractivity contribution in [2.24, 2.45) is 16.1 Å². The van der Waals surface area contributed by atoms with Gasteiger partial charge in [0.2, 0.25) is 0 Å². The van der Waals surface area contributed by atoms with E-state index in [9.17, 15) is 4.79 Å². The molecule has 0 bridgehead atoms. The number of rotatable bonds is 11. The van der Waals surface area contributed by atoms with Crippen LogP contribution in [0.5, 0.6) is 23.0 Å². The van der Waals surface area contributed by atoms with Gasteiger partial charge in [-0.25, -0.2) is 0 Å². The molecule has 3 aromatic rings. The summed E-state index contributed by atoms with van der Waals surface area (Å²) < 4.78 is 27.5. The van der Waals surface area contributed by atoms with Crippen LogP contribution in [0.1, 0.15) is 30.7 Å². The van der Waals surface area contributed by atoms with Gasteiger partial charge in [0.1, 0.15) is 5.76 Å². The molecular weight excluding hydrogens is 518 g/mol. The summed E-state index contributed by atoms with van der Waals surface area (Å²) in [6.45, 7) is 4.97. The van der Waals surface area contributed by atoms with E-state index in [0.717, 1.165) is 11.1 Å². The van der Waals surface area contributed by atoms with Crippen LogP contribution >= 0.6 is 11.8 Å². The minimum absolute atomic E-state index is 0.199. The Morgan fingerprint density at radius 1 is 0.949 bits per heavy atom. The van der Waals surface area contributed by atoms with Gasteiger partial charge in [0.25, 0.3) is 5.91 Å². The predicted molar refractivity (Wildman–Crippen MR) is 153 cm³/mol. The van der Waals surface area contributed by atoms with Gasteiger partial charge in [0.05, 0.1) is 51.9 Å². The van der Waals surface area contributed by atoms with E-state index >= 15 is 0 Å². The zero-order valence-corrected chi connectivity index (χ0v) is 23.4. The van der Waals surface area contributed by atoms with E-state index in [1.54, 1.807) is 63.0 Å². The Kier molecular flexibility index (Phi) is 9.32. The second kappa shape index (κ2) is 13.1. The molecule has 1 fully saturated rings. The third kappa shape index (κ3) is 7.02. The van der Waals surface area contributed by atoms with Crippen molar-refractivity contribution in [1.29, 1.82) is 0 Å². The van der Waals surface area contributed by atoms with Gasteiger partial charge in [0.15, 0.2) is 28.2 Å². The maximum absolute atomic E-state index is 13.4. The molecule has 0 aliphatic carbocycles. The molecule has 1 aliphatic rings. The van der Waals surface area contributed by atoms with Gasteiger partial charge in [-0.15, -0.1) is 5.10 Å². The lowest BCUT2D eigenvalue weighted by Crippen LogP contribution is -2.28. The topological polar surface area (TPSA) is 95.1 Å². The number of thioether (sulfide) groups is 1. The smallest absolute Gasteiger partial charge is 0.267 e.